The third-order valence-electron chi connectivity index (χ3n) is 2.92. The van der Waals surface area contributed by atoms with Gasteiger partial charge in [0, 0.05) is 11.7 Å². The maximum Gasteiger partial charge on any atom is 0.114 e. The summed E-state index contributed by atoms with van der Waals surface area (Å²) in [5.74, 6) is 2.98. The van der Waals surface area contributed by atoms with E-state index in [2.05, 4.69) is 6.92 Å². The van der Waals surface area contributed by atoms with Gasteiger partial charge in [0.05, 0.1) is 11.9 Å². The van der Waals surface area contributed by atoms with Gasteiger partial charge in [-0.25, -0.2) is 0 Å². The SMILES string of the molecule is CCc1ccc(CSC2CCCC2O)o1. The second-order valence-electron chi connectivity index (χ2n) is 4.07. The quantitative estimate of drug-likeness (QED) is 0.857. The molecule has 1 aromatic rings. The molecule has 15 heavy (non-hydrogen) atoms. The van der Waals surface area contributed by atoms with Crippen LogP contribution in [0.4, 0.5) is 0 Å². The Hall–Kier alpha value is -0.410. The lowest BCUT2D eigenvalue weighted by molar-refractivity contribution is 0.188. The highest BCUT2D eigenvalue weighted by atomic mass is 32.2. The highest BCUT2D eigenvalue weighted by Gasteiger charge is 2.25. The Morgan fingerprint density at radius 1 is 1.40 bits per heavy atom. The molecule has 1 aliphatic rings. The number of furan rings is 1. The lowest BCUT2D eigenvalue weighted by Gasteiger charge is -2.12. The molecule has 1 saturated carbocycles. The van der Waals surface area contributed by atoms with E-state index >= 15 is 0 Å². The summed E-state index contributed by atoms with van der Waals surface area (Å²) in [5.41, 5.74) is 0. The molecular weight excluding hydrogens is 208 g/mol. The summed E-state index contributed by atoms with van der Waals surface area (Å²) in [7, 11) is 0. The second kappa shape index (κ2) is 5.08. The van der Waals surface area contributed by atoms with E-state index in [0.717, 1.165) is 43.0 Å². The number of thioether (sulfide) groups is 1. The maximum atomic E-state index is 9.67. The fraction of sp³-hybridized carbons (Fsp3) is 0.667. The van der Waals surface area contributed by atoms with Gasteiger partial charge in [-0.3, -0.25) is 0 Å². The van der Waals surface area contributed by atoms with Gasteiger partial charge in [0.1, 0.15) is 11.5 Å². The van der Waals surface area contributed by atoms with Gasteiger partial charge in [-0.05, 0) is 31.4 Å². The van der Waals surface area contributed by atoms with Crippen molar-refractivity contribution >= 4 is 11.8 Å². The Bertz CT molecular complexity index is 308. The van der Waals surface area contributed by atoms with E-state index in [9.17, 15) is 5.11 Å². The van der Waals surface area contributed by atoms with Crippen molar-refractivity contribution in [2.24, 2.45) is 0 Å². The van der Waals surface area contributed by atoms with E-state index < -0.39 is 0 Å². The Kier molecular flexibility index (Phi) is 3.76. The molecule has 2 nitrogen and oxygen atoms in total. The van der Waals surface area contributed by atoms with Crippen molar-refractivity contribution in [3.05, 3.63) is 23.7 Å². The summed E-state index contributed by atoms with van der Waals surface area (Å²) >= 11 is 1.83. The van der Waals surface area contributed by atoms with Crippen molar-refractivity contribution in [1.29, 1.82) is 0 Å². The minimum Gasteiger partial charge on any atom is -0.465 e. The minimum atomic E-state index is -0.101. The molecule has 1 aromatic heterocycles. The second-order valence-corrected chi connectivity index (χ2v) is 5.30. The molecule has 3 heteroatoms. The van der Waals surface area contributed by atoms with E-state index in [-0.39, 0.29) is 6.10 Å². The molecule has 0 bridgehead atoms. The zero-order valence-electron chi connectivity index (χ0n) is 9.11. The molecule has 0 aliphatic heterocycles. The van der Waals surface area contributed by atoms with Gasteiger partial charge in [0.2, 0.25) is 0 Å². The summed E-state index contributed by atoms with van der Waals surface area (Å²) in [4.78, 5) is 0. The molecule has 2 rings (SSSR count). The third kappa shape index (κ3) is 2.79. The van der Waals surface area contributed by atoms with Crippen molar-refractivity contribution in [2.75, 3.05) is 0 Å². The maximum absolute atomic E-state index is 9.67. The summed E-state index contributed by atoms with van der Waals surface area (Å²) < 4.78 is 5.63. The molecule has 1 N–H and O–H groups in total. The molecule has 0 amide bonds. The average molecular weight is 226 g/mol. The smallest absolute Gasteiger partial charge is 0.114 e. The molecule has 0 spiro atoms. The molecular formula is C12H18O2S. The van der Waals surface area contributed by atoms with Crippen LogP contribution in [0.15, 0.2) is 16.5 Å². The molecule has 0 saturated heterocycles. The Balaban J connectivity index is 1.82. The van der Waals surface area contributed by atoms with Crippen LogP contribution in [0, 0.1) is 0 Å². The van der Waals surface area contributed by atoms with Gasteiger partial charge in [-0.1, -0.05) is 6.92 Å². The first kappa shape index (κ1) is 11.1. The minimum absolute atomic E-state index is 0.101. The lowest BCUT2D eigenvalue weighted by atomic mass is 10.3. The van der Waals surface area contributed by atoms with Crippen LogP contribution in [0.2, 0.25) is 0 Å². The molecule has 0 aromatic carbocycles. The Morgan fingerprint density at radius 3 is 2.80 bits per heavy atom. The van der Waals surface area contributed by atoms with Gasteiger partial charge in [-0.15, -0.1) is 11.8 Å². The summed E-state index contributed by atoms with van der Waals surface area (Å²) in [6.45, 7) is 2.09. The first-order valence-electron chi connectivity index (χ1n) is 5.67. The predicted molar refractivity (Wildman–Crippen MR) is 63.0 cm³/mol. The van der Waals surface area contributed by atoms with E-state index in [1.165, 1.54) is 0 Å². The van der Waals surface area contributed by atoms with Crippen molar-refractivity contribution in [1.82, 2.24) is 0 Å². The van der Waals surface area contributed by atoms with Crippen LogP contribution >= 0.6 is 11.8 Å². The predicted octanol–water partition coefficient (Wildman–Crippen LogP) is 2.99. The van der Waals surface area contributed by atoms with Crippen LogP contribution in [0.1, 0.15) is 37.7 Å². The van der Waals surface area contributed by atoms with Gasteiger partial charge in [-0.2, -0.15) is 0 Å². The summed E-state index contributed by atoms with van der Waals surface area (Å²) in [6.07, 6.45) is 4.13. The van der Waals surface area contributed by atoms with Crippen molar-refractivity contribution in [3.63, 3.8) is 0 Å². The van der Waals surface area contributed by atoms with Crippen LogP contribution in [-0.4, -0.2) is 16.5 Å². The van der Waals surface area contributed by atoms with E-state index in [1.807, 2.05) is 23.9 Å². The zero-order chi connectivity index (χ0) is 10.7. The number of rotatable bonds is 4. The zero-order valence-corrected chi connectivity index (χ0v) is 9.93. The fourth-order valence-electron chi connectivity index (χ4n) is 1.98. The molecule has 1 heterocycles. The van der Waals surface area contributed by atoms with E-state index in [0.29, 0.717) is 5.25 Å². The molecule has 0 radical (unpaired) electrons. The normalized spacial score (nSPS) is 26.0. The largest absolute Gasteiger partial charge is 0.465 e. The number of aryl methyl sites for hydroxylation is 1. The Morgan fingerprint density at radius 2 is 2.20 bits per heavy atom. The summed E-state index contributed by atoms with van der Waals surface area (Å²) in [6, 6.07) is 4.09. The first-order valence-corrected chi connectivity index (χ1v) is 6.71. The third-order valence-corrected chi connectivity index (χ3v) is 4.35. The van der Waals surface area contributed by atoms with Crippen LogP contribution in [0.3, 0.4) is 0 Å². The van der Waals surface area contributed by atoms with E-state index in [4.69, 9.17) is 4.42 Å². The van der Waals surface area contributed by atoms with Crippen molar-refractivity contribution in [2.45, 2.75) is 49.7 Å². The van der Waals surface area contributed by atoms with Crippen molar-refractivity contribution in [3.8, 4) is 0 Å². The highest BCUT2D eigenvalue weighted by molar-refractivity contribution is 7.99. The molecule has 1 aliphatic carbocycles. The van der Waals surface area contributed by atoms with E-state index in [1.54, 1.807) is 0 Å². The standard InChI is InChI=1S/C12H18O2S/c1-2-9-6-7-10(14-9)8-15-12-5-3-4-11(12)13/h6-7,11-13H,2-5,8H2,1H3. The van der Waals surface area contributed by atoms with Gasteiger partial charge < -0.3 is 9.52 Å². The number of hydrogen-bond acceptors (Lipinski definition) is 3. The Labute approximate surface area is 95.1 Å². The van der Waals surface area contributed by atoms with Crippen molar-refractivity contribution < 1.29 is 9.52 Å². The van der Waals surface area contributed by atoms with Crippen LogP contribution in [-0.2, 0) is 12.2 Å². The lowest BCUT2D eigenvalue weighted by Crippen LogP contribution is -2.15. The van der Waals surface area contributed by atoms with Crippen LogP contribution < -0.4 is 0 Å². The monoisotopic (exact) mass is 226 g/mol. The molecule has 84 valence electrons. The van der Waals surface area contributed by atoms with Crippen LogP contribution in [0.5, 0.6) is 0 Å². The molecule has 2 atom stereocenters. The fourth-order valence-corrected chi connectivity index (χ4v) is 3.21. The first-order chi connectivity index (χ1) is 7.29. The van der Waals surface area contributed by atoms with Gasteiger partial charge in [0.15, 0.2) is 0 Å². The van der Waals surface area contributed by atoms with Crippen LogP contribution in [0.25, 0.3) is 0 Å². The molecule has 2 unspecified atom stereocenters. The number of aliphatic hydroxyl groups is 1. The molecule has 1 fully saturated rings. The average Bonchev–Trinajstić information content (AvgIpc) is 2.84. The number of hydrogen-bond donors (Lipinski definition) is 1. The van der Waals surface area contributed by atoms with Gasteiger partial charge in [0.25, 0.3) is 0 Å². The number of aliphatic hydroxyl groups excluding tert-OH is 1. The topological polar surface area (TPSA) is 33.4 Å². The van der Waals surface area contributed by atoms with Gasteiger partial charge >= 0.3 is 0 Å². The highest BCUT2D eigenvalue weighted by Crippen LogP contribution is 2.32. The summed E-state index contributed by atoms with van der Waals surface area (Å²) in [5, 5.41) is 10.1.